The van der Waals surface area contributed by atoms with Gasteiger partial charge in [-0.2, -0.15) is 0 Å². The molecule has 80 valence electrons. The molecule has 2 bridgehead atoms. The van der Waals surface area contributed by atoms with Gasteiger partial charge in [-0.05, 0) is 18.1 Å². The molecule has 0 unspecified atom stereocenters. The van der Waals surface area contributed by atoms with Gasteiger partial charge < -0.3 is 15.3 Å². The van der Waals surface area contributed by atoms with Crippen LogP contribution in [0.3, 0.4) is 0 Å². The summed E-state index contributed by atoms with van der Waals surface area (Å²) >= 11 is 0. The van der Waals surface area contributed by atoms with Crippen LogP contribution in [0.5, 0.6) is 0 Å². The van der Waals surface area contributed by atoms with Crippen molar-refractivity contribution in [1.29, 1.82) is 0 Å². The fourth-order valence-corrected chi connectivity index (χ4v) is 2.59. The highest BCUT2D eigenvalue weighted by atomic mass is 16.3. The first-order valence-corrected chi connectivity index (χ1v) is 5.41. The van der Waals surface area contributed by atoms with Crippen LogP contribution < -0.4 is 10.2 Å². The largest absolute Gasteiger partial charge is 0.392 e. The molecule has 3 rings (SSSR count). The zero-order valence-corrected chi connectivity index (χ0v) is 8.56. The van der Waals surface area contributed by atoms with E-state index in [0.717, 1.165) is 24.3 Å². The van der Waals surface area contributed by atoms with Crippen molar-refractivity contribution >= 4 is 5.69 Å². The second kappa shape index (κ2) is 3.47. The van der Waals surface area contributed by atoms with Crippen molar-refractivity contribution in [3.63, 3.8) is 0 Å². The molecule has 0 amide bonds. The predicted molar refractivity (Wildman–Crippen MR) is 57.7 cm³/mol. The number of rotatable bonds is 2. The molecule has 0 radical (unpaired) electrons. The number of hydrogen-bond acceptors (Lipinski definition) is 4. The molecule has 2 aliphatic rings. The monoisotopic (exact) mass is 205 g/mol. The normalized spacial score (nSPS) is 28.7. The summed E-state index contributed by atoms with van der Waals surface area (Å²) in [4.78, 5) is 6.56. The molecule has 2 saturated heterocycles. The standard InChI is InChI=1S/C11H15N3O/c15-7-8-1-10(4-12-3-8)14-6-9-2-11(14)5-13-9/h1,3-4,9,11,13,15H,2,5-7H2/t9-,11-/m0/s1. The smallest absolute Gasteiger partial charge is 0.0697 e. The van der Waals surface area contributed by atoms with Crippen LogP contribution in [0.15, 0.2) is 18.5 Å². The third kappa shape index (κ3) is 1.50. The summed E-state index contributed by atoms with van der Waals surface area (Å²) < 4.78 is 0. The molecular weight excluding hydrogens is 190 g/mol. The molecule has 2 N–H and O–H groups in total. The van der Waals surface area contributed by atoms with Crippen molar-refractivity contribution in [3.8, 4) is 0 Å². The van der Waals surface area contributed by atoms with Gasteiger partial charge in [-0.25, -0.2) is 0 Å². The van der Waals surface area contributed by atoms with Crippen molar-refractivity contribution in [2.75, 3.05) is 18.0 Å². The van der Waals surface area contributed by atoms with Gasteiger partial charge in [-0.1, -0.05) is 0 Å². The third-order valence-electron chi connectivity index (χ3n) is 3.35. The minimum Gasteiger partial charge on any atom is -0.392 e. The van der Waals surface area contributed by atoms with E-state index in [4.69, 9.17) is 5.11 Å². The maximum absolute atomic E-state index is 9.07. The molecule has 2 atom stereocenters. The minimum absolute atomic E-state index is 0.0705. The fourth-order valence-electron chi connectivity index (χ4n) is 2.59. The van der Waals surface area contributed by atoms with E-state index in [9.17, 15) is 0 Å². The highest BCUT2D eigenvalue weighted by Gasteiger charge is 2.37. The van der Waals surface area contributed by atoms with Crippen LogP contribution in [0.1, 0.15) is 12.0 Å². The SMILES string of the molecule is OCc1cncc(N2C[C@@H]3C[C@H]2CN3)c1. The van der Waals surface area contributed by atoms with Gasteiger partial charge in [0.2, 0.25) is 0 Å². The summed E-state index contributed by atoms with van der Waals surface area (Å²) in [5.74, 6) is 0. The number of hydrogen-bond donors (Lipinski definition) is 2. The molecule has 0 aliphatic carbocycles. The minimum atomic E-state index is 0.0705. The zero-order valence-electron chi connectivity index (χ0n) is 8.56. The lowest BCUT2D eigenvalue weighted by Crippen LogP contribution is -2.43. The summed E-state index contributed by atoms with van der Waals surface area (Å²) in [7, 11) is 0. The Morgan fingerprint density at radius 2 is 2.47 bits per heavy atom. The van der Waals surface area contributed by atoms with Gasteiger partial charge in [0.1, 0.15) is 0 Å². The second-order valence-electron chi connectivity index (χ2n) is 4.36. The number of piperazine rings is 1. The first-order valence-electron chi connectivity index (χ1n) is 5.41. The van der Waals surface area contributed by atoms with Crippen molar-refractivity contribution in [3.05, 3.63) is 24.0 Å². The molecule has 4 heteroatoms. The maximum Gasteiger partial charge on any atom is 0.0697 e. The number of pyridine rings is 1. The average Bonchev–Trinajstić information content (AvgIpc) is 2.91. The molecule has 4 nitrogen and oxygen atoms in total. The summed E-state index contributed by atoms with van der Waals surface area (Å²) in [5.41, 5.74) is 2.04. The summed E-state index contributed by atoms with van der Waals surface area (Å²) in [5, 5.41) is 12.5. The van der Waals surface area contributed by atoms with Crippen molar-refractivity contribution < 1.29 is 5.11 Å². The summed E-state index contributed by atoms with van der Waals surface area (Å²) in [6, 6.07) is 3.30. The Labute approximate surface area is 88.9 Å². The van der Waals surface area contributed by atoms with Gasteiger partial charge in [0, 0.05) is 31.4 Å². The van der Waals surface area contributed by atoms with E-state index in [1.165, 1.54) is 6.42 Å². The summed E-state index contributed by atoms with van der Waals surface area (Å²) in [6.07, 6.45) is 4.85. The Morgan fingerprint density at radius 1 is 1.53 bits per heavy atom. The van der Waals surface area contributed by atoms with Gasteiger partial charge in [-0.15, -0.1) is 0 Å². The van der Waals surface area contributed by atoms with Crippen LogP contribution in [0.4, 0.5) is 5.69 Å². The van der Waals surface area contributed by atoms with E-state index >= 15 is 0 Å². The van der Waals surface area contributed by atoms with E-state index in [2.05, 4.69) is 15.2 Å². The van der Waals surface area contributed by atoms with Crippen LogP contribution >= 0.6 is 0 Å². The lowest BCUT2D eigenvalue weighted by molar-refractivity contribution is 0.281. The molecular formula is C11H15N3O. The van der Waals surface area contributed by atoms with E-state index in [-0.39, 0.29) is 6.61 Å². The average molecular weight is 205 g/mol. The van der Waals surface area contributed by atoms with E-state index in [1.807, 2.05) is 12.3 Å². The van der Waals surface area contributed by atoms with Gasteiger partial charge in [-0.3, -0.25) is 4.98 Å². The highest BCUT2D eigenvalue weighted by molar-refractivity contribution is 5.49. The predicted octanol–water partition coefficient (Wildman–Crippen LogP) is 0.124. The van der Waals surface area contributed by atoms with Gasteiger partial charge in [0.15, 0.2) is 0 Å². The molecule has 15 heavy (non-hydrogen) atoms. The highest BCUT2D eigenvalue weighted by Crippen LogP contribution is 2.29. The molecule has 0 aromatic carbocycles. The van der Waals surface area contributed by atoms with Crippen molar-refractivity contribution in [2.24, 2.45) is 0 Å². The van der Waals surface area contributed by atoms with Gasteiger partial charge in [0.05, 0.1) is 18.5 Å². The lowest BCUT2D eigenvalue weighted by Gasteiger charge is -2.29. The number of aliphatic hydroxyl groups is 1. The van der Waals surface area contributed by atoms with Gasteiger partial charge >= 0.3 is 0 Å². The summed E-state index contributed by atoms with van der Waals surface area (Å²) in [6.45, 7) is 2.22. The van der Waals surface area contributed by atoms with Gasteiger partial charge in [0.25, 0.3) is 0 Å². The number of aromatic nitrogens is 1. The van der Waals surface area contributed by atoms with E-state index in [0.29, 0.717) is 12.1 Å². The molecule has 0 saturated carbocycles. The first kappa shape index (κ1) is 9.12. The van der Waals surface area contributed by atoms with Crippen LogP contribution in [-0.4, -0.2) is 35.3 Å². The van der Waals surface area contributed by atoms with Crippen LogP contribution in [0.2, 0.25) is 0 Å². The van der Waals surface area contributed by atoms with Crippen LogP contribution in [0, 0.1) is 0 Å². The number of nitrogens with one attached hydrogen (secondary N) is 1. The molecule has 3 heterocycles. The van der Waals surface area contributed by atoms with Crippen molar-refractivity contribution in [1.82, 2.24) is 10.3 Å². The first-order chi connectivity index (χ1) is 7.36. The topological polar surface area (TPSA) is 48.4 Å². The number of nitrogens with zero attached hydrogens (tertiary/aromatic N) is 2. The quantitative estimate of drug-likeness (QED) is 0.720. The Hall–Kier alpha value is -1.13. The number of fused-ring (bicyclic) bond motifs is 2. The van der Waals surface area contributed by atoms with Crippen LogP contribution in [-0.2, 0) is 6.61 Å². The maximum atomic E-state index is 9.07. The number of aliphatic hydroxyl groups excluding tert-OH is 1. The zero-order chi connectivity index (χ0) is 10.3. The Balaban J connectivity index is 1.86. The molecule has 1 aromatic rings. The second-order valence-corrected chi connectivity index (χ2v) is 4.36. The molecule has 2 aliphatic heterocycles. The van der Waals surface area contributed by atoms with E-state index in [1.54, 1.807) is 6.20 Å². The molecule has 2 fully saturated rings. The lowest BCUT2D eigenvalue weighted by atomic mass is 10.2. The fraction of sp³-hybridized carbons (Fsp3) is 0.545. The Kier molecular flexibility index (Phi) is 2.11. The molecule has 1 aromatic heterocycles. The number of anilines is 1. The van der Waals surface area contributed by atoms with Crippen LogP contribution in [0.25, 0.3) is 0 Å². The Bertz CT molecular complexity index is 369. The Morgan fingerprint density at radius 3 is 3.13 bits per heavy atom. The third-order valence-corrected chi connectivity index (χ3v) is 3.35. The van der Waals surface area contributed by atoms with Crippen molar-refractivity contribution in [2.45, 2.75) is 25.1 Å². The molecule has 0 spiro atoms. The van der Waals surface area contributed by atoms with E-state index < -0.39 is 0 Å².